The number of hydrogen-bond donors (Lipinski definition) is 1. The molecule has 0 saturated carbocycles. The third-order valence-corrected chi connectivity index (χ3v) is 3.25. The Morgan fingerprint density at radius 1 is 1.40 bits per heavy atom. The van der Waals surface area contributed by atoms with E-state index in [0.717, 1.165) is 5.56 Å². The quantitative estimate of drug-likeness (QED) is 0.932. The average molecular weight is 339 g/mol. The number of hydrogen-bond acceptors (Lipinski definition) is 3. The van der Waals surface area contributed by atoms with Crippen molar-refractivity contribution in [1.82, 2.24) is 10.3 Å². The van der Waals surface area contributed by atoms with Gasteiger partial charge in [-0.2, -0.15) is 0 Å². The molecule has 20 heavy (non-hydrogen) atoms. The van der Waals surface area contributed by atoms with Crippen molar-refractivity contribution in [2.45, 2.75) is 6.54 Å². The van der Waals surface area contributed by atoms with Crippen molar-refractivity contribution in [2.75, 3.05) is 7.11 Å². The molecule has 0 aliphatic rings. The van der Waals surface area contributed by atoms with E-state index in [2.05, 4.69) is 26.2 Å². The van der Waals surface area contributed by atoms with Gasteiger partial charge in [0.2, 0.25) is 5.88 Å². The molecular weight excluding hydrogens is 327 g/mol. The van der Waals surface area contributed by atoms with Crippen molar-refractivity contribution >= 4 is 21.8 Å². The fourth-order valence-corrected chi connectivity index (χ4v) is 1.94. The highest BCUT2D eigenvalue weighted by molar-refractivity contribution is 9.10. The largest absolute Gasteiger partial charge is 0.481 e. The molecule has 0 saturated heterocycles. The summed E-state index contributed by atoms with van der Waals surface area (Å²) >= 11 is 3.05. The van der Waals surface area contributed by atoms with E-state index in [1.165, 1.54) is 25.3 Å². The summed E-state index contributed by atoms with van der Waals surface area (Å²) in [5.74, 6) is -0.162. The Balaban J connectivity index is 1.98. The number of rotatable bonds is 4. The molecule has 0 aliphatic carbocycles. The number of amides is 1. The van der Waals surface area contributed by atoms with Crippen LogP contribution in [0.5, 0.6) is 5.88 Å². The van der Waals surface area contributed by atoms with Gasteiger partial charge in [0.1, 0.15) is 5.82 Å². The average Bonchev–Trinajstić information content (AvgIpc) is 2.48. The number of benzene rings is 1. The lowest BCUT2D eigenvalue weighted by molar-refractivity contribution is 0.0951. The van der Waals surface area contributed by atoms with Gasteiger partial charge in [-0.05, 0) is 39.7 Å². The molecule has 2 rings (SSSR count). The van der Waals surface area contributed by atoms with Crippen LogP contribution in [-0.4, -0.2) is 18.0 Å². The van der Waals surface area contributed by atoms with E-state index in [4.69, 9.17) is 4.74 Å². The highest BCUT2D eigenvalue weighted by Crippen LogP contribution is 2.16. The van der Waals surface area contributed by atoms with E-state index in [0.29, 0.717) is 18.0 Å². The molecule has 0 atom stereocenters. The van der Waals surface area contributed by atoms with Gasteiger partial charge in [0.25, 0.3) is 5.91 Å². The van der Waals surface area contributed by atoms with Gasteiger partial charge in [0.15, 0.2) is 0 Å². The van der Waals surface area contributed by atoms with E-state index < -0.39 is 5.82 Å². The van der Waals surface area contributed by atoms with Crippen LogP contribution in [0.3, 0.4) is 0 Å². The topological polar surface area (TPSA) is 51.2 Å². The summed E-state index contributed by atoms with van der Waals surface area (Å²) in [6.07, 6.45) is 1.62. The van der Waals surface area contributed by atoms with Gasteiger partial charge in [0.05, 0.1) is 11.6 Å². The third-order valence-electron chi connectivity index (χ3n) is 2.64. The van der Waals surface area contributed by atoms with E-state index in [9.17, 15) is 9.18 Å². The van der Waals surface area contributed by atoms with Gasteiger partial charge in [0, 0.05) is 24.4 Å². The predicted molar refractivity (Wildman–Crippen MR) is 76.1 cm³/mol. The van der Waals surface area contributed by atoms with E-state index in [1.807, 2.05) is 6.07 Å². The fraction of sp³-hybridized carbons (Fsp3) is 0.143. The second-order valence-electron chi connectivity index (χ2n) is 4.02. The SMILES string of the molecule is COc1ccc(CNC(=O)c2ccc(F)c(Br)c2)cn1. The van der Waals surface area contributed by atoms with Gasteiger partial charge in [-0.1, -0.05) is 6.07 Å². The molecule has 1 heterocycles. The number of ether oxygens (including phenoxy) is 1. The molecule has 0 radical (unpaired) electrons. The maximum Gasteiger partial charge on any atom is 0.251 e. The maximum atomic E-state index is 13.1. The van der Waals surface area contributed by atoms with E-state index >= 15 is 0 Å². The van der Waals surface area contributed by atoms with Crippen LogP contribution in [0, 0.1) is 5.82 Å². The molecule has 6 heteroatoms. The summed E-state index contributed by atoms with van der Waals surface area (Å²) in [4.78, 5) is 15.9. The lowest BCUT2D eigenvalue weighted by Crippen LogP contribution is -2.22. The summed E-state index contributed by atoms with van der Waals surface area (Å²) in [6.45, 7) is 0.338. The zero-order valence-electron chi connectivity index (χ0n) is 10.7. The molecule has 1 N–H and O–H groups in total. The van der Waals surface area contributed by atoms with Gasteiger partial charge >= 0.3 is 0 Å². The van der Waals surface area contributed by atoms with Crippen LogP contribution in [-0.2, 0) is 6.54 Å². The van der Waals surface area contributed by atoms with Crippen molar-refractivity contribution in [2.24, 2.45) is 0 Å². The lowest BCUT2D eigenvalue weighted by Gasteiger charge is -2.06. The first-order valence-corrected chi connectivity index (χ1v) is 6.61. The Morgan fingerprint density at radius 3 is 2.80 bits per heavy atom. The Hall–Kier alpha value is -1.95. The minimum atomic E-state index is -0.402. The molecule has 0 aliphatic heterocycles. The van der Waals surface area contributed by atoms with Crippen molar-refractivity contribution < 1.29 is 13.9 Å². The molecule has 104 valence electrons. The Labute approximate surface area is 124 Å². The summed E-state index contributed by atoms with van der Waals surface area (Å²) in [7, 11) is 1.54. The number of carbonyl (C=O) groups is 1. The van der Waals surface area contributed by atoms with Crippen LogP contribution in [0.25, 0.3) is 0 Å². The molecule has 1 aromatic heterocycles. The number of nitrogens with zero attached hydrogens (tertiary/aromatic N) is 1. The van der Waals surface area contributed by atoms with Gasteiger partial charge in [-0.3, -0.25) is 4.79 Å². The molecule has 4 nitrogen and oxygen atoms in total. The van der Waals surface area contributed by atoms with Crippen LogP contribution >= 0.6 is 15.9 Å². The summed E-state index contributed by atoms with van der Waals surface area (Å²) in [5, 5.41) is 2.74. The Kier molecular flexibility index (Phi) is 4.68. The van der Waals surface area contributed by atoms with Gasteiger partial charge in [-0.15, -0.1) is 0 Å². The fourth-order valence-electron chi connectivity index (χ4n) is 1.56. The van der Waals surface area contributed by atoms with Crippen LogP contribution in [0.1, 0.15) is 15.9 Å². The van der Waals surface area contributed by atoms with Gasteiger partial charge < -0.3 is 10.1 Å². The number of aromatic nitrogens is 1. The Morgan fingerprint density at radius 2 is 2.20 bits per heavy atom. The highest BCUT2D eigenvalue weighted by atomic mass is 79.9. The molecular formula is C14H12BrFN2O2. The summed E-state index contributed by atoms with van der Waals surface area (Å²) in [6, 6.07) is 7.65. The normalized spacial score (nSPS) is 10.2. The maximum absolute atomic E-state index is 13.1. The molecule has 0 unspecified atom stereocenters. The first kappa shape index (κ1) is 14.5. The van der Waals surface area contributed by atoms with Crippen molar-refractivity contribution in [3.05, 3.63) is 57.9 Å². The number of carbonyl (C=O) groups excluding carboxylic acids is 1. The summed E-state index contributed by atoms with van der Waals surface area (Å²) < 4.78 is 18.3. The minimum Gasteiger partial charge on any atom is -0.481 e. The Bertz CT molecular complexity index is 617. The zero-order chi connectivity index (χ0) is 14.5. The predicted octanol–water partition coefficient (Wildman–Crippen LogP) is 2.92. The highest BCUT2D eigenvalue weighted by Gasteiger charge is 2.08. The number of pyridine rings is 1. The molecule has 2 aromatic rings. The van der Waals surface area contributed by atoms with Crippen LogP contribution in [0.4, 0.5) is 4.39 Å². The standard InChI is InChI=1S/C14H12BrFN2O2/c1-20-13-5-2-9(7-17-13)8-18-14(19)10-3-4-12(16)11(15)6-10/h2-7H,8H2,1H3,(H,18,19). The van der Waals surface area contributed by atoms with Crippen LogP contribution < -0.4 is 10.1 Å². The molecule has 1 amide bonds. The van der Waals surface area contributed by atoms with Crippen LogP contribution in [0.2, 0.25) is 0 Å². The molecule has 0 spiro atoms. The van der Waals surface area contributed by atoms with Crippen LogP contribution in [0.15, 0.2) is 41.0 Å². The second-order valence-corrected chi connectivity index (χ2v) is 4.87. The van der Waals surface area contributed by atoms with Crippen molar-refractivity contribution in [3.63, 3.8) is 0 Å². The molecule has 0 bridgehead atoms. The zero-order valence-corrected chi connectivity index (χ0v) is 12.3. The van der Waals surface area contributed by atoms with E-state index in [-0.39, 0.29) is 10.4 Å². The monoisotopic (exact) mass is 338 g/mol. The lowest BCUT2D eigenvalue weighted by atomic mass is 10.2. The minimum absolute atomic E-state index is 0.260. The molecule has 0 fully saturated rings. The first-order valence-electron chi connectivity index (χ1n) is 5.82. The second kappa shape index (κ2) is 6.47. The first-order chi connectivity index (χ1) is 9.60. The number of nitrogens with one attached hydrogen (secondary N) is 1. The summed E-state index contributed by atoms with van der Waals surface area (Å²) in [5.41, 5.74) is 1.24. The third kappa shape index (κ3) is 3.54. The van der Waals surface area contributed by atoms with E-state index in [1.54, 1.807) is 12.3 Å². The van der Waals surface area contributed by atoms with Gasteiger partial charge in [-0.25, -0.2) is 9.37 Å². The van der Waals surface area contributed by atoms with Crippen molar-refractivity contribution in [1.29, 1.82) is 0 Å². The smallest absolute Gasteiger partial charge is 0.251 e. The molecule has 1 aromatic carbocycles. The van der Waals surface area contributed by atoms with Crippen molar-refractivity contribution in [3.8, 4) is 5.88 Å². The number of halogens is 2. The number of methoxy groups -OCH3 is 1.